The zero-order valence-electron chi connectivity index (χ0n) is 17.5. The van der Waals surface area contributed by atoms with Crippen molar-refractivity contribution in [2.24, 2.45) is 0 Å². The van der Waals surface area contributed by atoms with E-state index >= 15 is 0 Å². The number of carbonyl (C=O) groups excluding carboxylic acids is 2. The second-order valence-electron chi connectivity index (χ2n) is 8.10. The quantitative estimate of drug-likeness (QED) is 0.564. The molecule has 0 saturated carbocycles. The van der Waals surface area contributed by atoms with Crippen LogP contribution >= 0.6 is 11.6 Å². The molecule has 2 aliphatic rings. The Morgan fingerprint density at radius 2 is 1.73 bits per heavy atom. The smallest absolute Gasteiger partial charge is 0.274 e. The van der Waals surface area contributed by atoms with E-state index in [-0.39, 0.29) is 17.8 Å². The highest BCUT2D eigenvalue weighted by molar-refractivity contribution is 7.94. The number of sulfone groups is 1. The Labute approximate surface area is 195 Å². The van der Waals surface area contributed by atoms with Crippen molar-refractivity contribution in [1.29, 1.82) is 0 Å². The van der Waals surface area contributed by atoms with E-state index in [1.165, 1.54) is 35.2 Å². The molecule has 0 aliphatic carbocycles. The molecular formula is C24H18ClFN2O4S. The van der Waals surface area contributed by atoms with Gasteiger partial charge in [-0.3, -0.25) is 14.5 Å². The summed E-state index contributed by atoms with van der Waals surface area (Å²) in [5, 5.41) is 0.349. The number of halogens is 2. The summed E-state index contributed by atoms with van der Waals surface area (Å²) in [6.07, 6.45) is 0. The lowest BCUT2D eigenvalue weighted by atomic mass is 10.0. The molecule has 0 N–H and O–H groups in total. The molecule has 1 fully saturated rings. The molecule has 0 radical (unpaired) electrons. The van der Waals surface area contributed by atoms with E-state index in [1.54, 1.807) is 43.3 Å². The highest BCUT2D eigenvalue weighted by atomic mass is 35.5. The molecule has 33 heavy (non-hydrogen) atoms. The lowest BCUT2D eigenvalue weighted by molar-refractivity contribution is -0.123. The number of hydrogen-bond acceptors (Lipinski definition) is 4. The van der Waals surface area contributed by atoms with Gasteiger partial charge in [-0.2, -0.15) is 0 Å². The maximum absolute atomic E-state index is 14.0. The fraction of sp³-hybridized carbons (Fsp3) is 0.167. The van der Waals surface area contributed by atoms with E-state index in [2.05, 4.69) is 0 Å². The van der Waals surface area contributed by atoms with E-state index in [0.717, 1.165) is 10.5 Å². The van der Waals surface area contributed by atoms with Crippen LogP contribution in [0.4, 0.5) is 15.8 Å². The number of fused-ring (bicyclic) bond motifs is 2. The summed E-state index contributed by atoms with van der Waals surface area (Å²) >= 11 is 6.28. The minimum Gasteiger partial charge on any atom is -0.304 e. The fourth-order valence-electron chi connectivity index (χ4n) is 4.54. The Kier molecular flexibility index (Phi) is 4.84. The van der Waals surface area contributed by atoms with Gasteiger partial charge in [-0.25, -0.2) is 12.8 Å². The maximum Gasteiger partial charge on any atom is 0.274 e. The van der Waals surface area contributed by atoms with Crippen LogP contribution in [0.25, 0.3) is 0 Å². The van der Waals surface area contributed by atoms with Gasteiger partial charge in [0, 0.05) is 16.3 Å². The summed E-state index contributed by atoms with van der Waals surface area (Å²) in [5.41, 5.74) is 2.18. The SMILES string of the molecule is Cc1ccc(N2C(=O)CS(=O)(=O)[C@@]23C(=O)N(Cc2ccc(F)cc2)c2ccccc23)cc1Cl. The first-order valence-corrected chi connectivity index (χ1v) is 12.2. The third-order valence-electron chi connectivity index (χ3n) is 6.09. The van der Waals surface area contributed by atoms with E-state index in [4.69, 9.17) is 11.6 Å². The Morgan fingerprint density at radius 3 is 2.42 bits per heavy atom. The van der Waals surface area contributed by atoms with Gasteiger partial charge in [0.15, 0.2) is 9.84 Å². The standard InChI is InChI=1S/C24H18ClFN2O4S/c1-15-6-11-18(12-20(15)25)28-22(29)14-33(31,32)24(28)19-4-2-3-5-21(19)27(23(24)30)13-16-7-9-17(26)10-8-16/h2-12H,13-14H2,1H3/t24-/m0/s1. The zero-order valence-corrected chi connectivity index (χ0v) is 19.0. The van der Waals surface area contributed by atoms with Crippen molar-refractivity contribution in [3.05, 3.63) is 94.3 Å². The first-order valence-electron chi connectivity index (χ1n) is 10.1. The Bertz CT molecular complexity index is 1420. The highest BCUT2D eigenvalue weighted by Crippen LogP contribution is 2.53. The van der Waals surface area contributed by atoms with Crippen LogP contribution in [-0.2, 0) is 30.8 Å². The molecule has 2 amide bonds. The van der Waals surface area contributed by atoms with Gasteiger partial charge < -0.3 is 4.90 Å². The second kappa shape index (κ2) is 7.40. The summed E-state index contributed by atoms with van der Waals surface area (Å²) < 4.78 is 40.5. The first kappa shape index (κ1) is 21.6. The molecule has 3 aromatic carbocycles. The number of anilines is 2. The molecule has 6 nitrogen and oxygen atoms in total. The molecule has 0 aromatic heterocycles. The van der Waals surface area contributed by atoms with E-state index in [0.29, 0.717) is 16.3 Å². The van der Waals surface area contributed by atoms with Crippen LogP contribution in [0.5, 0.6) is 0 Å². The minimum absolute atomic E-state index is 0.0179. The van der Waals surface area contributed by atoms with Gasteiger partial charge in [-0.1, -0.05) is 48.0 Å². The monoisotopic (exact) mass is 484 g/mol. The predicted octanol–water partition coefficient (Wildman–Crippen LogP) is 3.95. The van der Waals surface area contributed by atoms with Crippen molar-refractivity contribution in [2.75, 3.05) is 15.6 Å². The summed E-state index contributed by atoms with van der Waals surface area (Å²) in [7, 11) is -4.27. The van der Waals surface area contributed by atoms with Gasteiger partial charge in [0.1, 0.15) is 11.6 Å². The summed E-state index contributed by atoms with van der Waals surface area (Å²) in [4.78, 5) is 27.3. The van der Waals surface area contributed by atoms with Crippen LogP contribution < -0.4 is 9.80 Å². The number of hydrogen-bond donors (Lipinski definition) is 0. The molecule has 1 saturated heterocycles. The lowest BCUT2D eigenvalue weighted by Gasteiger charge is -2.32. The van der Waals surface area contributed by atoms with Crippen LogP contribution in [0.2, 0.25) is 5.02 Å². The summed E-state index contributed by atoms with van der Waals surface area (Å²) in [5.74, 6) is -2.68. The van der Waals surface area contributed by atoms with Crippen LogP contribution in [-0.4, -0.2) is 26.0 Å². The van der Waals surface area contributed by atoms with Crippen molar-refractivity contribution in [1.82, 2.24) is 0 Å². The molecular weight excluding hydrogens is 467 g/mol. The Morgan fingerprint density at radius 1 is 1.03 bits per heavy atom. The topological polar surface area (TPSA) is 74.8 Å². The molecule has 5 rings (SSSR count). The zero-order chi connectivity index (χ0) is 23.5. The molecule has 1 atom stereocenters. The molecule has 2 heterocycles. The molecule has 0 bridgehead atoms. The number of amides is 2. The fourth-order valence-corrected chi connectivity index (χ4v) is 6.75. The summed E-state index contributed by atoms with van der Waals surface area (Å²) in [6, 6.07) is 16.9. The van der Waals surface area contributed by atoms with Crippen molar-refractivity contribution in [3.63, 3.8) is 0 Å². The highest BCUT2D eigenvalue weighted by Gasteiger charge is 2.69. The van der Waals surface area contributed by atoms with E-state index in [9.17, 15) is 22.4 Å². The Balaban J connectivity index is 1.73. The van der Waals surface area contributed by atoms with E-state index < -0.39 is 38.1 Å². The van der Waals surface area contributed by atoms with Crippen LogP contribution in [0.15, 0.2) is 66.7 Å². The van der Waals surface area contributed by atoms with Gasteiger partial charge in [-0.15, -0.1) is 0 Å². The summed E-state index contributed by atoms with van der Waals surface area (Å²) in [6.45, 7) is 1.80. The molecule has 3 aromatic rings. The van der Waals surface area contributed by atoms with Gasteiger partial charge in [0.2, 0.25) is 5.91 Å². The maximum atomic E-state index is 14.0. The van der Waals surface area contributed by atoms with Crippen LogP contribution in [0, 0.1) is 12.7 Å². The normalized spacial score (nSPS) is 21.2. The largest absolute Gasteiger partial charge is 0.304 e. The van der Waals surface area contributed by atoms with Gasteiger partial charge in [0.05, 0.1) is 12.2 Å². The first-order chi connectivity index (χ1) is 15.7. The van der Waals surface area contributed by atoms with Gasteiger partial charge in [-0.05, 0) is 48.4 Å². The molecule has 9 heteroatoms. The average Bonchev–Trinajstić information content (AvgIpc) is 3.14. The van der Waals surface area contributed by atoms with E-state index in [1.807, 2.05) is 0 Å². The number of nitrogens with zero attached hydrogens (tertiary/aromatic N) is 2. The van der Waals surface area contributed by atoms with Crippen molar-refractivity contribution in [2.45, 2.75) is 18.3 Å². The van der Waals surface area contributed by atoms with Crippen LogP contribution in [0.1, 0.15) is 16.7 Å². The molecule has 1 spiro atoms. The average molecular weight is 485 g/mol. The number of carbonyl (C=O) groups is 2. The molecule has 0 unspecified atom stereocenters. The predicted molar refractivity (Wildman–Crippen MR) is 123 cm³/mol. The molecule has 168 valence electrons. The number of aryl methyl sites for hydroxylation is 1. The molecule has 2 aliphatic heterocycles. The third kappa shape index (κ3) is 3.01. The van der Waals surface area contributed by atoms with Gasteiger partial charge in [0.25, 0.3) is 10.8 Å². The second-order valence-corrected chi connectivity index (χ2v) is 10.6. The van der Waals surface area contributed by atoms with Crippen molar-refractivity contribution in [3.8, 4) is 0 Å². The van der Waals surface area contributed by atoms with Crippen molar-refractivity contribution >= 4 is 44.6 Å². The number of rotatable bonds is 3. The third-order valence-corrected chi connectivity index (χ3v) is 8.60. The van der Waals surface area contributed by atoms with Gasteiger partial charge >= 0.3 is 0 Å². The lowest BCUT2D eigenvalue weighted by Crippen LogP contribution is -2.54. The number of para-hydroxylation sites is 1. The number of benzene rings is 3. The van der Waals surface area contributed by atoms with Crippen LogP contribution in [0.3, 0.4) is 0 Å². The van der Waals surface area contributed by atoms with Crippen molar-refractivity contribution < 1.29 is 22.4 Å². The Hall–Kier alpha value is -3.23. The minimum atomic E-state index is -4.27.